The molecule has 268 valence electrons. The highest BCUT2D eigenvalue weighted by molar-refractivity contribution is 7.09. The van der Waals surface area contributed by atoms with Crippen molar-refractivity contribution in [2.45, 2.75) is 170 Å². The fraction of sp³-hybridized carbons (Fsp3) is 0.763. The normalized spacial score (nSPS) is 27.4. The van der Waals surface area contributed by atoms with E-state index in [9.17, 15) is 9.59 Å². The van der Waals surface area contributed by atoms with Gasteiger partial charge in [0.1, 0.15) is 11.9 Å². The Labute approximate surface area is 293 Å². The first-order valence-corrected chi connectivity index (χ1v) is 24.3. The molecule has 0 radical (unpaired) electrons. The van der Waals surface area contributed by atoms with Crippen molar-refractivity contribution in [2.75, 3.05) is 0 Å². The lowest BCUT2D eigenvalue weighted by Gasteiger charge is -2.46. The second-order valence-corrected chi connectivity index (χ2v) is 28.1. The molecule has 0 fully saturated rings. The predicted octanol–water partition coefficient (Wildman–Crippen LogP) is 10.9. The number of thiazole rings is 1. The van der Waals surface area contributed by atoms with Crippen molar-refractivity contribution in [3.63, 3.8) is 0 Å². The Balaban J connectivity index is 2.62. The molecule has 0 unspecified atom stereocenters. The Hall–Kier alpha value is -1.40. The number of nitrogens with zero attached hydrogens (tertiary/aromatic N) is 1. The molecule has 1 aromatic rings. The summed E-state index contributed by atoms with van der Waals surface area (Å²) in [6, 6.07) is 0. The van der Waals surface area contributed by atoms with Gasteiger partial charge in [0, 0.05) is 23.1 Å². The van der Waals surface area contributed by atoms with E-state index in [1.54, 1.807) is 11.3 Å². The minimum atomic E-state index is -2.38. The third-order valence-corrected chi connectivity index (χ3v) is 20.8. The molecule has 2 heterocycles. The molecule has 5 atom stereocenters. The van der Waals surface area contributed by atoms with Crippen molar-refractivity contribution in [3.05, 3.63) is 33.8 Å². The van der Waals surface area contributed by atoms with Crippen LogP contribution in [-0.4, -0.2) is 51.7 Å². The van der Waals surface area contributed by atoms with Crippen molar-refractivity contribution in [2.24, 2.45) is 17.3 Å². The van der Waals surface area contributed by atoms with Crippen LogP contribution in [0, 0.1) is 24.2 Å². The van der Waals surface area contributed by atoms with Crippen molar-refractivity contribution >= 4 is 45.8 Å². The molecule has 1 aliphatic heterocycles. The van der Waals surface area contributed by atoms with Gasteiger partial charge in [-0.1, -0.05) is 81.4 Å². The minimum Gasteiger partial charge on any atom is -0.457 e. The van der Waals surface area contributed by atoms with Crippen LogP contribution >= 0.6 is 11.3 Å². The number of hydrogen-bond donors (Lipinski definition) is 0. The third kappa shape index (κ3) is 11.3. The summed E-state index contributed by atoms with van der Waals surface area (Å²) in [6.07, 6.45) is 8.53. The average Bonchev–Trinajstić information content (AvgIpc) is 3.33. The maximum atomic E-state index is 14.8. The lowest BCUT2D eigenvalue weighted by Crippen LogP contribution is -2.54. The Kier molecular flexibility index (Phi) is 14.3. The summed E-state index contributed by atoms with van der Waals surface area (Å²) in [5.74, 6) is -0.427. The van der Waals surface area contributed by atoms with Gasteiger partial charge in [-0.05, 0) is 86.9 Å². The maximum absolute atomic E-state index is 14.8. The van der Waals surface area contributed by atoms with Crippen molar-refractivity contribution in [3.8, 4) is 0 Å². The van der Waals surface area contributed by atoms with E-state index < -0.39 is 34.3 Å². The summed E-state index contributed by atoms with van der Waals surface area (Å²) >= 11 is 1.60. The van der Waals surface area contributed by atoms with Gasteiger partial charge < -0.3 is 13.6 Å². The van der Waals surface area contributed by atoms with E-state index in [1.165, 1.54) is 0 Å². The fourth-order valence-corrected chi connectivity index (χ4v) is 9.10. The molecule has 0 saturated carbocycles. The second-order valence-electron chi connectivity index (χ2n) is 17.6. The van der Waals surface area contributed by atoms with E-state index >= 15 is 0 Å². The molecule has 0 bridgehead atoms. The van der Waals surface area contributed by atoms with Crippen LogP contribution < -0.4 is 0 Å². The highest BCUT2D eigenvalue weighted by Gasteiger charge is 2.50. The molecule has 1 aromatic heterocycles. The van der Waals surface area contributed by atoms with Gasteiger partial charge in [-0.2, -0.15) is 0 Å². The van der Waals surface area contributed by atoms with Crippen LogP contribution in [0.2, 0.25) is 36.3 Å². The van der Waals surface area contributed by atoms with Crippen LogP contribution in [0.25, 0.3) is 6.08 Å². The van der Waals surface area contributed by atoms with Crippen LogP contribution in [0.5, 0.6) is 0 Å². The van der Waals surface area contributed by atoms with Gasteiger partial charge in [0.05, 0.1) is 29.3 Å². The first-order chi connectivity index (χ1) is 21.3. The van der Waals surface area contributed by atoms with E-state index in [4.69, 9.17) is 13.6 Å². The summed E-state index contributed by atoms with van der Waals surface area (Å²) in [5, 5.41) is 2.94. The number of allylic oxidation sites excluding steroid dienone is 1. The molecule has 6 nitrogen and oxygen atoms in total. The maximum Gasteiger partial charge on any atom is 0.309 e. The number of rotatable bonds is 6. The van der Waals surface area contributed by atoms with Crippen molar-refractivity contribution in [1.82, 2.24) is 4.98 Å². The molecule has 9 heteroatoms. The lowest BCUT2D eigenvalue weighted by molar-refractivity contribution is -0.153. The zero-order valence-corrected chi connectivity index (χ0v) is 35.4. The Morgan fingerprint density at radius 3 is 2.11 bits per heavy atom. The van der Waals surface area contributed by atoms with E-state index in [0.29, 0.717) is 6.42 Å². The second kappa shape index (κ2) is 16.1. The van der Waals surface area contributed by atoms with E-state index in [-0.39, 0.29) is 46.2 Å². The molecular formula is C38H67NO5SSi2. The molecular weight excluding hydrogens is 639 g/mol. The summed E-state index contributed by atoms with van der Waals surface area (Å²) in [5.41, 5.74) is 0.873. The molecule has 0 saturated heterocycles. The summed E-state index contributed by atoms with van der Waals surface area (Å²) in [7, 11) is -4.57. The lowest BCUT2D eigenvalue weighted by atomic mass is 9.73. The molecule has 0 aromatic carbocycles. The monoisotopic (exact) mass is 705 g/mol. The number of cyclic esters (lactones) is 1. The number of ether oxygens (including phenoxy) is 1. The number of ketones is 1. The minimum absolute atomic E-state index is 0.00455. The SMILES string of the molecule is C/C(=C\c1csc(C)n1)[C@@H]1C/C=C\CCC[C@@H](C)[C@H](O[Si](C)(C)C(C)(C)C)[C@@H](C)C(=O)C(C)(C)[C@@H](O[Si](C)(C)C(C)(C)C)CC(=O)O1. The van der Waals surface area contributed by atoms with Gasteiger partial charge >= 0.3 is 5.97 Å². The highest BCUT2D eigenvalue weighted by atomic mass is 32.1. The molecule has 0 spiro atoms. The number of carbonyl (C=O) groups excluding carboxylic acids is 2. The van der Waals surface area contributed by atoms with E-state index in [1.807, 2.05) is 46.1 Å². The first kappa shape index (κ1) is 41.8. The van der Waals surface area contributed by atoms with Gasteiger partial charge in [-0.15, -0.1) is 11.3 Å². The van der Waals surface area contributed by atoms with Crippen LogP contribution in [0.1, 0.15) is 119 Å². The fourth-order valence-electron chi connectivity index (χ4n) is 5.62. The number of aryl methyl sites for hydroxylation is 1. The van der Waals surface area contributed by atoms with Gasteiger partial charge in [-0.25, -0.2) is 4.98 Å². The first-order valence-electron chi connectivity index (χ1n) is 17.6. The zero-order chi connectivity index (χ0) is 36.2. The third-order valence-electron chi connectivity index (χ3n) is 11.1. The zero-order valence-electron chi connectivity index (χ0n) is 32.6. The van der Waals surface area contributed by atoms with E-state index in [2.05, 4.69) is 91.8 Å². The number of hydrogen-bond acceptors (Lipinski definition) is 7. The van der Waals surface area contributed by atoms with Crippen molar-refractivity contribution in [1.29, 1.82) is 0 Å². The Morgan fingerprint density at radius 2 is 1.57 bits per heavy atom. The number of Topliss-reactive ketones (excluding diaryl/α,β-unsaturated/α-hetero) is 1. The standard InChI is InChI=1S/C38H67NO5SSi2/c1-26-21-19-17-18-20-22-31(27(2)23-30-25-45-29(4)39-30)42-33(40)24-32(43-46(13,14)36(5,6)7)38(11,12)35(41)28(3)34(26)44-47(15,16)37(8,9)10/h18,20,23,25-26,28,31-32,34H,17,19,21-22,24H2,1-16H3/b20-18-,27-23+/t26-,28-,31+,32+,34+/m1/s1. The van der Waals surface area contributed by atoms with Gasteiger partial charge in [0.2, 0.25) is 0 Å². The average molecular weight is 706 g/mol. The smallest absolute Gasteiger partial charge is 0.309 e. The van der Waals surface area contributed by atoms with Crippen LogP contribution in [0.15, 0.2) is 23.1 Å². The van der Waals surface area contributed by atoms with Crippen LogP contribution in [0.3, 0.4) is 0 Å². The molecule has 0 amide bonds. The van der Waals surface area contributed by atoms with E-state index in [0.717, 1.165) is 35.5 Å². The quantitative estimate of drug-likeness (QED) is 0.167. The molecule has 0 aliphatic carbocycles. The molecule has 0 N–H and O–H groups in total. The predicted molar refractivity (Wildman–Crippen MR) is 204 cm³/mol. The summed E-state index contributed by atoms with van der Waals surface area (Å²) in [6.45, 7) is 34.4. The van der Waals surface area contributed by atoms with Crippen LogP contribution in [-0.2, 0) is 23.2 Å². The van der Waals surface area contributed by atoms with Crippen LogP contribution in [0.4, 0.5) is 0 Å². The molecule has 1 aliphatic rings. The van der Waals surface area contributed by atoms with Gasteiger partial charge in [0.15, 0.2) is 16.6 Å². The summed E-state index contributed by atoms with van der Waals surface area (Å²) in [4.78, 5) is 33.3. The number of aromatic nitrogens is 1. The van der Waals surface area contributed by atoms with Gasteiger partial charge in [-0.3, -0.25) is 9.59 Å². The topological polar surface area (TPSA) is 74.7 Å². The highest BCUT2D eigenvalue weighted by Crippen LogP contribution is 2.44. The van der Waals surface area contributed by atoms with Crippen molar-refractivity contribution < 1.29 is 23.2 Å². The number of carbonyl (C=O) groups is 2. The Morgan fingerprint density at radius 1 is 1.00 bits per heavy atom. The summed E-state index contributed by atoms with van der Waals surface area (Å²) < 4.78 is 20.4. The molecule has 2 rings (SSSR count). The largest absolute Gasteiger partial charge is 0.457 e. The molecule has 47 heavy (non-hydrogen) atoms. The van der Waals surface area contributed by atoms with Gasteiger partial charge in [0.25, 0.3) is 0 Å². The number of esters is 1. The Bertz CT molecular complexity index is 1270.